The maximum absolute atomic E-state index is 12.0. The van der Waals surface area contributed by atoms with Gasteiger partial charge in [0.05, 0.1) is 5.01 Å². The number of hydrogen-bond donors (Lipinski definition) is 0. The first-order valence-electron chi connectivity index (χ1n) is 4.56. The minimum absolute atomic E-state index is 0.0510. The van der Waals surface area contributed by atoms with Gasteiger partial charge in [-0.2, -0.15) is 0 Å². The Bertz CT molecular complexity index is 505. The molecule has 0 spiro atoms. The molecule has 76 valence electrons. The van der Waals surface area contributed by atoms with E-state index in [1.165, 1.54) is 11.3 Å². The number of thiazole rings is 1. The maximum atomic E-state index is 12.0. The van der Waals surface area contributed by atoms with Crippen LogP contribution in [0.1, 0.15) is 26.6 Å². The summed E-state index contributed by atoms with van der Waals surface area (Å²) in [6, 6.07) is 1.83. The summed E-state index contributed by atoms with van der Waals surface area (Å²) in [5.41, 5.74) is 2.07. The molecule has 0 aliphatic rings. The van der Waals surface area contributed by atoms with Gasteiger partial charge in [-0.05, 0) is 25.5 Å². The lowest BCUT2D eigenvalue weighted by molar-refractivity contribution is 0.103. The molecule has 3 nitrogen and oxygen atoms in total. The first-order chi connectivity index (χ1) is 7.18. The van der Waals surface area contributed by atoms with Crippen LogP contribution in [0.5, 0.6) is 0 Å². The van der Waals surface area contributed by atoms with E-state index in [-0.39, 0.29) is 5.78 Å². The van der Waals surface area contributed by atoms with Gasteiger partial charge >= 0.3 is 0 Å². The quantitative estimate of drug-likeness (QED) is 0.727. The predicted molar refractivity (Wildman–Crippen MR) is 59.3 cm³/mol. The van der Waals surface area contributed by atoms with Crippen molar-refractivity contribution in [2.75, 3.05) is 0 Å². The van der Waals surface area contributed by atoms with E-state index in [9.17, 15) is 4.79 Å². The second-order valence-electron chi connectivity index (χ2n) is 3.27. The van der Waals surface area contributed by atoms with Crippen molar-refractivity contribution in [3.63, 3.8) is 0 Å². The van der Waals surface area contributed by atoms with E-state index in [2.05, 4.69) is 9.97 Å². The molecule has 0 saturated carbocycles. The van der Waals surface area contributed by atoms with Gasteiger partial charge in [-0.1, -0.05) is 0 Å². The second kappa shape index (κ2) is 3.90. The lowest BCUT2D eigenvalue weighted by atomic mass is 10.1. The number of nitrogens with zero attached hydrogens (tertiary/aromatic N) is 2. The molecule has 0 unspecified atom stereocenters. The van der Waals surface area contributed by atoms with Crippen LogP contribution in [0, 0.1) is 13.8 Å². The number of carbonyl (C=O) groups excluding carboxylic acids is 1. The Labute approximate surface area is 91.8 Å². The summed E-state index contributed by atoms with van der Waals surface area (Å²) in [6.45, 7) is 3.78. The fourth-order valence-electron chi connectivity index (χ4n) is 1.31. The Morgan fingerprint density at radius 1 is 1.40 bits per heavy atom. The van der Waals surface area contributed by atoms with Crippen molar-refractivity contribution >= 4 is 17.1 Å². The third-order valence-corrected chi connectivity index (χ3v) is 2.91. The average molecular weight is 218 g/mol. The van der Waals surface area contributed by atoms with Crippen LogP contribution in [0.25, 0.3) is 0 Å². The molecule has 2 rings (SSSR count). The highest BCUT2D eigenvalue weighted by atomic mass is 32.1. The molecule has 0 amide bonds. The topological polar surface area (TPSA) is 42.9 Å². The lowest BCUT2D eigenvalue weighted by Gasteiger charge is -2.00. The first kappa shape index (κ1) is 9.98. The number of carbonyl (C=O) groups is 1. The molecule has 2 aromatic heterocycles. The van der Waals surface area contributed by atoms with Gasteiger partial charge in [-0.15, -0.1) is 11.3 Å². The van der Waals surface area contributed by atoms with E-state index in [1.54, 1.807) is 17.8 Å². The average Bonchev–Trinajstić information content (AvgIpc) is 2.65. The first-order valence-corrected chi connectivity index (χ1v) is 5.44. The predicted octanol–water partition coefficient (Wildman–Crippen LogP) is 2.39. The molecule has 15 heavy (non-hydrogen) atoms. The molecule has 4 heteroatoms. The van der Waals surface area contributed by atoms with Crippen molar-refractivity contribution in [3.05, 3.63) is 45.7 Å². The van der Waals surface area contributed by atoms with Gasteiger partial charge in [0.25, 0.3) is 0 Å². The van der Waals surface area contributed by atoms with Gasteiger partial charge < -0.3 is 0 Å². The molecule has 0 aromatic carbocycles. The number of aromatic nitrogens is 2. The maximum Gasteiger partial charge on any atom is 0.214 e. The van der Waals surface area contributed by atoms with E-state index in [0.717, 1.165) is 10.6 Å². The van der Waals surface area contributed by atoms with Crippen LogP contribution in [0.2, 0.25) is 0 Å². The van der Waals surface area contributed by atoms with Crippen molar-refractivity contribution in [1.29, 1.82) is 0 Å². The van der Waals surface area contributed by atoms with Crippen molar-refractivity contribution in [3.8, 4) is 0 Å². The molecule has 0 bridgehead atoms. The van der Waals surface area contributed by atoms with Crippen molar-refractivity contribution < 1.29 is 4.79 Å². The van der Waals surface area contributed by atoms with E-state index in [4.69, 9.17) is 0 Å². The molecule has 0 radical (unpaired) electrons. The zero-order chi connectivity index (χ0) is 10.8. The second-order valence-corrected chi connectivity index (χ2v) is 4.33. The number of aryl methyl sites for hydroxylation is 2. The van der Waals surface area contributed by atoms with Crippen LogP contribution < -0.4 is 0 Å². The molecule has 0 saturated heterocycles. The third-order valence-electron chi connectivity index (χ3n) is 2.14. The Morgan fingerprint density at radius 3 is 2.80 bits per heavy atom. The Balaban J connectivity index is 2.41. The summed E-state index contributed by atoms with van der Waals surface area (Å²) < 4.78 is 0. The number of hydrogen-bond acceptors (Lipinski definition) is 4. The molecule has 2 aromatic rings. The van der Waals surface area contributed by atoms with E-state index in [0.29, 0.717) is 11.3 Å². The van der Waals surface area contributed by atoms with Crippen LogP contribution in [-0.2, 0) is 0 Å². The normalized spacial score (nSPS) is 10.3. The molecule has 0 aliphatic carbocycles. The van der Waals surface area contributed by atoms with Gasteiger partial charge in [-0.25, -0.2) is 4.98 Å². The third kappa shape index (κ3) is 1.94. The fraction of sp³-hybridized carbons (Fsp3) is 0.182. The van der Waals surface area contributed by atoms with E-state index < -0.39 is 0 Å². The Morgan fingerprint density at radius 2 is 2.20 bits per heavy atom. The molecular formula is C11H10N2OS. The number of rotatable bonds is 2. The summed E-state index contributed by atoms with van der Waals surface area (Å²) in [6.07, 6.45) is 3.27. The highest BCUT2D eigenvalue weighted by Crippen LogP contribution is 2.14. The Hall–Kier alpha value is -1.55. The zero-order valence-electron chi connectivity index (χ0n) is 8.52. The minimum Gasteiger partial charge on any atom is -0.287 e. The summed E-state index contributed by atoms with van der Waals surface area (Å²) in [5, 5.41) is 2.68. The number of pyridine rings is 1. The van der Waals surface area contributed by atoms with Gasteiger partial charge in [0.15, 0.2) is 0 Å². The fourth-order valence-corrected chi connectivity index (χ4v) is 1.90. The van der Waals surface area contributed by atoms with E-state index in [1.807, 2.05) is 19.9 Å². The van der Waals surface area contributed by atoms with Gasteiger partial charge in [-0.3, -0.25) is 9.78 Å². The van der Waals surface area contributed by atoms with Gasteiger partial charge in [0.2, 0.25) is 5.78 Å². The summed E-state index contributed by atoms with van der Waals surface area (Å²) in [5.74, 6) is -0.0510. The molecule has 0 aliphatic heterocycles. The summed E-state index contributed by atoms with van der Waals surface area (Å²) in [4.78, 5) is 20.1. The number of ketones is 1. The smallest absolute Gasteiger partial charge is 0.214 e. The molecule has 0 atom stereocenters. The Kier molecular flexibility index (Phi) is 2.60. The van der Waals surface area contributed by atoms with Crippen molar-refractivity contribution in [1.82, 2.24) is 9.97 Å². The monoisotopic (exact) mass is 218 g/mol. The SMILES string of the molecule is Cc1nc(C(=O)c2cnccc2C)cs1. The molecule has 0 fully saturated rings. The summed E-state index contributed by atoms with van der Waals surface area (Å²) >= 11 is 1.48. The van der Waals surface area contributed by atoms with Crippen molar-refractivity contribution in [2.24, 2.45) is 0 Å². The lowest BCUT2D eigenvalue weighted by Crippen LogP contribution is -2.04. The molecular weight excluding hydrogens is 208 g/mol. The van der Waals surface area contributed by atoms with Crippen LogP contribution in [0.4, 0.5) is 0 Å². The van der Waals surface area contributed by atoms with Crippen LogP contribution in [0.15, 0.2) is 23.8 Å². The van der Waals surface area contributed by atoms with E-state index >= 15 is 0 Å². The van der Waals surface area contributed by atoms with Gasteiger partial charge in [0, 0.05) is 23.3 Å². The zero-order valence-corrected chi connectivity index (χ0v) is 9.34. The molecule has 0 N–H and O–H groups in total. The largest absolute Gasteiger partial charge is 0.287 e. The highest BCUT2D eigenvalue weighted by molar-refractivity contribution is 7.09. The summed E-state index contributed by atoms with van der Waals surface area (Å²) in [7, 11) is 0. The van der Waals surface area contributed by atoms with Crippen molar-refractivity contribution in [2.45, 2.75) is 13.8 Å². The van der Waals surface area contributed by atoms with Crippen LogP contribution in [-0.4, -0.2) is 15.8 Å². The minimum atomic E-state index is -0.0510. The van der Waals surface area contributed by atoms with Crippen LogP contribution >= 0.6 is 11.3 Å². The van der Waals surface area contributed by atoms with Crippen LogP contribution in [0.3, 0.4) is 0 Å². The molecule has 2 heterocycles. The highest BCUT2D eigenvalue weighted by Gasteiger charge is 2.14. The standard InChI is InChI=1S/C11H10N2OS/c1-7-3-4-12-5-9(7)11(14)10-6-15-8(2)13-10/h3-6H,1-2H3. The van der Waals surface area contributed by atoms with Gasteiger partial charge in [0.1, 0.15) is 5.69 Å².